The van der Waals surface area contributed by atoms with E-state index < -0.39 is 5.91 Å². The van der Waals surface area contributed by atoms with Crippen LogP contribution in [0.3, 0.4) is 0 Å². The Kier molecular flexibility index (Phi) is 13.9. The normalized spacial score (nSPS) is 12.5. The maximum Gasteiger partial charge on any atom is 0.269 e. The SMILES string of the molecule is CNC(=O)c1c(-c2ccc(F)cc2)oc2cc(N(CCOCCOCCOCC(=O)NO)SC)c(C3CC3)cc12.CS. The van der Waals surface area contributed by atoms with Crippen LogP contribution in [0.2, 0.25) is 0 Å². The van der Waals surface area contributed by atoms with Gasteiger partial charge in [-0.3, -0.25) is 14.8 Å². The monoisotopic (exact) mass is 623 g/mol. The van der Waals surface area contributed by atoms with E-state index in [1.807, 2.05) is 12.3 Å². The van der Waals surface area contributed by atoms with Crippen molar-refractivity contribution >= 4 is 53.0 Å². The summed E-state index contributed by atoms with van der Waals surface area (Å²) in [6.07, 6.45) is 5.87. The number of nitrogens with one attached hydrogen (secondary N) is 2. The Balaban J connectivity index is 0.00000237. The van der Waals surface area contributed by atoms with Gasteiger partial charge in [0.2, 0.25) is 0 Å². The summed E-state index contributed by atoms with van der Waals surface area (Å²) in [4.78, 5) is 23.8. The average molecular weight is 624 g/mol. The van der Waals surface area contributed by atoms with Gasteiger partial charge in [0, 0.05) is 30.3 Å². The van der Waals surface area contributed by atoms with E-state index in [2.05, 4.69) is 28.3 Å². The molecule has 1 aliphatic carbocycles. The molecule has 3 N–H and O–H groups in total. The molecule has 10 nitrogen and oxygen atoms in total. The molecular weight excluding hydrogens is 585 g/mol. The first kappa shape index (κ1) is 33.7. The van der Waals surface area contributed by atoms with Crippen molar-refractivity contribution in [1.82, 2.24) is 10.8 Å². The Morgan fingerprint density at radius 1 is 1.07 bits per heavy atom. The summed E-state index contributed by atoms with van der Waals surface area (Å²) in [5.41, 5.74) is 5.34. The fourth-order valence-electron chi connectivity index (χ4n) is 4.34. The van der Waals surface area contributed by atoms with Crippen molar-refractivity contribution < 1.29 is 37.8 Å². The lowest BCUT2D eigenvalue weighted by atomic mass is 10.0. The maximum absolute atomic E-state index is 13.6. The lowest BCUT2D eigenvalue weighted by molar-refractivity contribution is -0.134. The molecule has 42 heavy (non-hydrogen) atoms. The summed E-state index contributed by atoms with van der Waals surface area (Å²) in [7, 11) is 1.58. The number of fused-ring (bicyclic) bond motifs is 1. The van der Waals surface area contributed by atoms with Gasteiger partial charge in [0.1, 0.15) is 23.8 Å². The van der Waals surface area contributed by atoms with E-state index in [4.69, 9.17) is 23.8 Å². The van der Waals surface area contributed by atoms with E-state index in [0.29, 0.717) is 61.4 Å². The number of hydroxylamine groups is 1. The van der Waals surface area contributed by atoms with Gasteiger partial charge in [0.05, 0.1) is 50.8 Å². The fourth-order valence-corrected chi connectivity index (χ4v) is 4.95. The number of amides is 2. The number of nitrogens with zero attached hydrogens (tertiary/aromatic N) is 1. The van der Waals surface area contributed by atoms with E-state index in [-0.39, 0.29) is 24.9 Å². The van der Waals surface area contributed by atoms with Gasteiger partial charge in [-0.15, -0.1) is 0 Å². The molecule has 1 saturated carbocycles. The van der Waals surface area contributed by atoms with Crippen LogP contribution in [0.15, 0.2) is 40.8 Å². The van der Waals surface area contributed by atoms with Crippen molar-refractivity contribution in [2.45, 2.75) is 18.8 Å². The first-order chi connectivity index (χ1) is 20.5. The topological polar surface area (TPSA) is 123 Å². The van der Waals surface area contributed by atoms with Crippen molar-refractivity contribution in [3.05, 3.63) is 53.3 Å². The van der Waals surface area contributed by atoms with Crippen LogP contribution in [0.5, 0.6) is 0 Å². The Labute approximate surface area is 254 Å². The van der Waals surface area contributed by atoms with Crippen LogP contribution in [0, 0.1) is 5.82 Å². The van der Waals surface area contributed by atoms with Gasteiger partial charge in [0.25, 0.3) is 11.8 Å². The van der Waals surface area contributed by atoms with Gasteiger partial charge < -0.3 is 28.2 Å². The average Bonchev–Trinajstić information content (AvgIpc) is 3.80. The highest BCUT2D eigenvalue weighted by atomic mass is 32.2. The van der Waals surface area contributed by atoms with Crippen LogP contribution in [-0.2, 0) is 19.0 Å². The Morgan fingerprint density at radius 3 is 2.31 bits per heavy atom. The molecule has 0 spiro atoms. The first-order valence-corrected chi connectivity index (χ1v) is 15.5. The van der Waals surface area contributed by atoms with E-state index in [0.717, 1.165) is 29.5 Å². The largest absolute Gasteiger partial charge is 0.455 e. The molecule has 0 radical (unpaired) electrons. The van der Waals surface area contributed by atoms with E-state index in [9.17, 15) is 14.0 Å². The summed E-state index contributed by atoms with van der Waals surface area (Å²) < 4.78 is 38.2. The molecule has 0 aliphatic heterocycles. The number of ether oxygens (including phenoxy) is 3. The van der Waals surface area contributed by atoms with Crippen LogP contribution in [0.1, 0.15) is 34.7 Å². The molecule has 1 aromatic heterocycles. The number of benzene rings is 2. The van der Waals surface area contributed by atoms with Gasteiger partial charge in [-0.25, -0.2) is 9.87 Å². The standard InChI is InChI=1S/C28H34FN3O7S.CH4S/c1-30-28(34)26-22-15-21(18-3-4-18)23(16-24(22)39-27(26)19-5-7-20(29)8-6-19)32(40-2)9-10-36-11-12-37-13-14-38-17-25(33)31-35;1-2/h5-8,15-16,18,35H,3-4,9-14,17H2,1-2H3,(H,30,34)(H,31,33);2H,1H3. The minimum absolute atomic E-state index is 0.228. The highest BCUT2D eigenvalue weighted by Crippen LogP contribution is 2.48. The summed E-state index contributed by atoms with van der Waals surface area (Å²) in [6.45, 7) is 2.20. The molecule has 2 aromatic carbocycles. The smallest absolute Gasteiger partial charge is 0.269 e. The lowest BCUT2D eigenvalue weighted by Gasteiger charge is -2.24. The number of furan rings is 1. The van der Waals surface area contributed by atoms with Crippen LogP contribution in [0.25, 0.3) is 22.3 Å². The van der Waals surface area contributed by atoms with E-state index >= 15 is 0 Å². The van der Waals surface area contributed by atoms with Crippen LogP contribution < -0.4 is 15.1 Å². The predicted molar refractivity (Wildman–Crippen MR) is 165 cm³/mol. The number of carbonyl (C=O) groups is 2. The molecule has 1 aliphatic rings. The third kappa shape index (κ3) is 9.09. The molecule has 4 rings (SSSR count). The molecule has 3 aromatic rings. The zero-order valence-corrected chi connectivity index (χ0v) is 25.7. The van der Waals surface area contributed by atoms with Gasteiger partial charge in [-0.1, -0.05) is 11.9 Å². The van der Waals surface area contributed by atoms with E-state index in [1.165, 1.54) is 17.6 Å². The first-order valence-electron chi connectivity index (χ1n) is 13.5. The number of hydrogen-bond acceptors (Lipinski definition) is 10. The number of anilines is 1. The Morgan fingerprint density at radius 2 is 1.71 bits per heavy atom. The molecule has 1 heterocycles. The second-order valence-electron chi connectivity index (χ2n) is 9.17. The number of thiol groups is 1. The minimum Gasteiger partial charge on any atom is -0.455 e. The fraction of sp³-hybridized carbons (Fsp3) is 0.448. The van der Waals surface area contributed by atoms with Gasteiger partial charge in [-0.05, 0) is 60.9 Å². The molecule has 13 heteroatoms. The third-order valence-corrected chi connectivity index (χ3v) is 7.26. The van der Waals surface area contributed by atoms with Crippen LogP contribution in [0.4, 0.5) is 10.1 Å². The number of halogens is 1. The van der Waals surface area contributed by atoms with Gasteiger partial charge >= 0.3 is 0 Å². The zero-order valence-electron chi connectivity index (χ0n) is 24.0. The van der Waals surface area contributed by atoms with E-state index in [1.54, 1.807) is 37.4 Å². The van der Waals surface area contributed by atoms with Gasteiger partial charge in [-0.2, -0.15) is 12.6 Å². The zero-order chi connectivity index (χ0) is 30.5. The number of hydrogen-bond donors (Lipinski definition) is 4. The quantitative estimate of drug-likeness (QED) is 0.0593. The van der Waals surface area contributed by atoms with Crippen molar-refractivity contribution in [2.24, 2.45) is 0 Å². The highest BCUT2D eigenvalue weighted by Gasteiger charge is 2.31. The van der Waals surface area contributed by atoms with Crippen molar-refractivity contribution in [3.63, 3.8) is 0 Å². The summed E-state index contributed by atoms with van der Waals surface area (Å²) >= 11 is 5.11. The molecule has 0 atom stereocenters. The third-order valence-electron chi connectivity index (χ3n) is 6.44. The molecule has 0 bridgehead atoms. The number of carbonyl (C=O) groups excluding carboxylic acids is 2. The summed E-state index contributed by atoms with van der Waals surface area (Å²) in [5, 5.41) is 11.9. The lowest BCUT2D eigenvalue weighted by Crippen LogP contribution is -2.25. The van der Waals surface area contributed by atoms with Crippen LogP contribution >= 0.6 is 24.6 Å². The van der Waals surface area contributed by atoms with Gasteiger partial charge in [0.15, 0.2) is 0 Å². The Bertz CT molecular complexity index is 1300. The second-order valence-corrected chi connectivity index (χ2v) is 9.98. The van der Waals surface area contributed by atoms with Crippen molar-refractivity contribution in [3.8, 4) is 11.3 Å². The second kappa shape index (κ2) is 17.3. The molecule has 2 amide bonds. The minimum atomic E-state index is -0.613. The Hall–Kier alpha value is -2.81. The molecule has 0 unspecified atom stereocenters. The molecule has 1 fully saturated rings. The molecule has 230 valence electrons. The predicted octanol–water partition coefficient (Wildman–Crippen LogP) is 4.66. The number of rotatable bonds is 16. The van der Waals surface area contributed by atoms with Crippen LogP contribution in [-0.4, -0.2) is 82.8 Å². The highest BCUT2D eigenvalue weighted by molar-refractivity contribution is 7.99. The van der Waals surface area contributed by atoms with Crippen molar-refractivity contribution in [2.75, 3.05) is 70.1 Å². The summed E-state index contributed by atoms with van der Waals surface area (Å²) in [6, 6.07) is 9.97. The van der Waals surface area contributed by atoms with Crippen molar-refractivity contribution in [1.29, 1.82) is 0 Å². The summed E-state index contributed by atoms with van der Waals surface area (Å²) in [5.74, 6) is -0.405. The molecule has 0 saturated heterocycles. The maximum atomic E-state index is 13.6. The molecular formula is C29H38FN3O7S2.